The van der Waals surface area contributed by atoms with Gasteiger partial charge in [-0.05, 0) is 48.2 Å². The number of carbonyl (C=O) groups is 1. The van der Waals surface area contributed by atoms with E-state index in [1.165, 1.54) is 28.8 Å². The molecular formula is C19H18FNO2S2. The minimum Gasteiger partial charge on any atom is -0.472 e. The summed E-state index contributed by atoms with van der Waals surface area (Å²) in [6.45, 7) is 1.19. The van der Waals surface area contributed by atoms with Crippen LogP contribution in [0.2, 0.25) is 0 Å². The van der Waals surface area contributed by atoms with Gasteiger partial charge in [0.15, 0.2) is 0 Å². The van der Waals surface area contributed by atoms with Crippen molar-refractivity contribution < 1.29 is 13.6 Å². The number of carbonyl (C=O) groups excluding carboxylic acids is 1. The predicted octanol–water partition coefficient (Wildman–Crippen LogP) is 4.84. The standard InChI is InChI=1S/C19H18FNO2S2/c20-16-3-5-18(6-4-16)25-14-19(22)21(12-15-8-10-23-13-15)9-7-17-2-1-11-24-17/h1-6,8,10-11,13H,7,9,12,14H2. The Hall–Kier alpha value is -2.05. The van der Waals surface area contributed by atoms with Crippen LogP contribution in [0.3, 0.4) is 0 Å². The molecule has 25 heavy (non-hydrogen) atoms. The molecule has 0 radical (unpaired) electrons. The van der Waals surface area contributed by atoms with Gasteiger partial charge in [0.25, 0.3) is 0 Å². The van der Waals surface area contributed by atoms with Crippen LogP contribution < -0.4 is 0 Å². The van der Waals surface area contributed by atoms with Crippen molar-refractivity contribution in [2.75, 3.05) is 12.3 Å². The lowest BCUT2D eigenvalue weighted by atomic mass is 10.2. The Labute approximate surface area is 154 Å². The number of thioether (sulfide) groups is 1. The van der Waals surface area contributed by atoms with E-state index in [4.69, 9.17) is 4.42 Å². The summed E-state index contributed by atoms with van der Waals surface area (Å²) < 4.78 is 18.1. The minimum absolute atomic E-state index is 0.0621. The third-order valence-electron chi connectivity index (χ3n) is 3.69. The van der Waals surface area contributed by atoms with E-state index in [1.807, 2.05) is 22.4 Å². The number of benzene rings is 1. The van der Waals surface area contributed by atoms with Crippen molar-refractivity contribution in [2.45, 2.75) is 17.9 Å². The second-order valence-electron chi connectivity index (χ2n) is 5.52. The lowest BCUT2D eigenvalue weighted by Gasteiger charge is -2.22. The highest BCUT2D eigenvalue weighted by Crippen LogP contribution is 2.20. The van der Waals surface area contributed by atoms with E-state index < -0.39 is 0 Å². The molecule has 0 aliphatic rings. The van der Waals surface area contributed by atoms with Crippen molar-refractivity contribution in [3.05, 3.63) is 76.6 Å². The number of furan rings is 1. The average molecular weight is 375 g/mol. The van der Waals surface area contributed by atoms with E-state index in [9.17, 15) is 9.18 Å². The first kappa shape index (κ1) is 17.8. The zero-order chi connectivity index (χ0) is 17.5. The Balaban J connectivity index is 1.60. The lowest BCUT2D eigenvalue weighted by Crippen LogP contribution is -2.33. The van der Waals surface area contributed by atoms with E-state index in [0.717, 1.165) is 16.9 Å². The van der Waals surface area contributed by atoms with Crippen molar-refractivity contribution in [3.63, 3.8) is 0 Å². The zero-order valence-electron chi connectivity index (χ0n) is 13.6. The first-order valence-electron chi connectivity index (χ1n) is 7.90. The molecule has 0 aliphatic heterocycles. The summed E-state index contributed by atoms with van der Waals surface area (Å²) in [5.74, 6) is 0.119. The van der Waals surface area contributed by atoms with Gasteiger partial charge in [0.2, 0.25) is 5.91 Å². The largest absolute Gasteiger partial charge is 0.472 e. The van der Waals surface area contributed by atoms with Crippen LogP contribution in [0.5, 0.6) is 0 Å². The van der Waals surface area contributed by atoms with Gasteiger partial charge >= 0.3 is 0 Å². The highest BCUT2D eigenvalue weighted by molar-refractivity contribution is 8.00. The summed E-state index contributed by atoms with van der Waals surface area (Å²) in [7, 11) is 0. The maximum atomic E-state index is 13.0. The molecule has 6 heteroatoms. The fraction of sp³-hybridized carbons (Fsp3) is 0.211. The lowest BCUT2D eigenvalue weighted by molar-refractivity contribution is -0.128. The molecule has 0 spiro atoms. The van der Waals surface area contributed by atoms with E-state index in [1.54, 1.807) is 36.0 Å². The second kappa shape index (κ2) is 8.87. The van der Waals surface area contributed by atoms with Crippen LogP contribution >= 0.6 is 23.1 Å². The predicted molar refractivity (Wildman–Crippen MR) is 99.3 cm³/mol. The van der Waals surface area contributed by atoms with Crippen molar-refractivity contribution in [1.82, 2.24) is 4.90 Å². The molecule has 0 bridgehead atoms. The smallest absolute Gasteiger partial charge is 0.233 e. The fourth-order valence-electron chi connectivity index (χ4n) is 2.36. The van der Waals surface area contributed by atoms with E-state index in [0.29, 0.717) is 18.8 Å². The fourth-order valence-corrected chi connectivity index (χ4v) is 3.86. The van der Waals surface area contributed by atoms with Gasteiger partial charge in [-0.3, -0.25) is 4.79 Å². The van der Waals surface area contributed by atoms with Gasteiger partial charge in [0.1, 0.15) is 5.82 Å². The van der Waals surface area contributed by atoms with Crippen LogP contribution in [0.15, 0.2) is 69.7 Å². The van der Waals surface area contributed by atoms with E-state index >= 15 is 0 Å². The molecule has 0 saturated heterocycles. The van der Waals surface area contributed by atoms with Gasteiger partial charge < -0.3 is 9.32 Å². The Kier molecular flexibility index (Phi) is 6.30. The number of hydrogen-bond acceptors (Lipinski definition) is 4. The van der Waals surface area contributed by atoms with Crippen LogP contribution in [-0.2, 0) is 17.8 Å². The maximum Gasteiger partial charge on any atom is 0.233 e. The van der Waals surface area contributed by atoms with Gasteiger partial charge in [0, 0.05) is 28.4 Å². The quantitative estimate of drug-likeness (QED) is 0.528. The number of halogens is 1. The normalized spacial score (nSPS) is 10.8. The van der Waals surface area contributed by atoms with Gasteiger partial charge in [-0.15, -0.1) is 23.1 Å². The molecule has 1 aromatic carbocycles. The third kappa shape index (κ3) is 5.47. The number of hydrogen-bond donors (Lipinski definition) is 0. The SMILES string of the molecule is O=C(CSc1ccc(F)cc1)N(CCc1cccs1)Cc1ccoc1. The van der Waals surface area contributed by atoms with Gasteiger partial charge in [-0.2, -0.15) is 0 Å². The molecule has 0 N–H and O–H groups in total. The molecule has 0 aliphatic carbocycles. The molecular weight excluding hydrogens is 357 g/mol. The van der Waals surface area contributed by atoms with E-state index in [-0.39, 0.29) is 11.7 Å². The average Bonchev–Trinajstić information content (AvgIpc) is 3.31. The molecule has 130 valence electrons. The summed E-state index contributed by atoms with van der Waals surface area (Å²) in [4.78, 5) is 16.7. The summed E-state index contributed by atoms with van der Waals surface area (Å²) in [5.41, 5.74) is 0.978. The molecule has 2 aromatic heterocycles. The monoisotopic (exact) mass is 375 g/mol. The zero-order valence-corrected chi connectivity index (χ0v) is 15.2. The van der Waals surface area contributed by atoms with E-state index in [2.05, 4.69) is 6.07 Å². The van der Waals surface area contributed by atoms with Crippen LogP contribution in [0, 0.1) is 5.82 Å². The Bertz CT molecular complexity index is 770. The minimum atomic E-state index is -0.270. The first-order valence-corrected chi connectivity index (χ1v) is 9.77. The molecule has 2 heterocycles. The van der Waals surface area contributed by atoms with Crippen molar-refractivity contribution in [1.29, 1.82) is 0 Å². The highest BCUT2D eigenvalue weighted by atomic mass is 32.2. The Morgan fingerprint density at radius 3 is 2.72 bits per heavy atom. The summed E-state index contributed by atoms with van der Waals surface area (Å²) in [6, 6.07) is 12.2. The van der Waals surface area contributed by atoms with Gasteiger partial charge in [-0.25, -0.2) is 4.39 Å². The first-order chi connectivity index (χ1) is 12.2. The molecule has 3 aromatic rings. The van der Waals surface area contributed by atoms with Gasteiger partial charge in [0.05, 0.1) is 18.3 Å². The van der Waals surface area contributed by atoms with Crippen LogP contribution in [0.1, 0.15) is 10.4 Å². The molecule has 0 fully saturated rings. The van der Waals surface area contributed by atoms with Gasteiger partial charge in [-0.1, -0.05) is 6.07 Å². The molecule has 3 rings (SSSR count). The highest BCUT2D eigenvalue weighted by Gasteiger charge is 2.15. The molecule has 3 nitrogen and oxygen atoms in total. The van der Waals surface area contributed by atoms with Crippen LogP contribution in [0.25, 0.3) is 0 Å². The summed E-state index contributed by atoms with van der Waals surface area (Å²) in [6.07, 6.45) is 4.12. The van der Waals surface area contributed by atoms with Crippen LogP contribution in [0.4, 0.5) is 4.39 Å². The number of amides is 1. The Morgan fingerprint density at radius 1 is 1.20 bits per heavy atom. The number of thiophene rings is 1. The third-order valence-corrected chi connectivity index (χ3v) is 5.62. The number of nitrogens with zero attached hydrogens (tertiary/aromatic N) is 1. The molecule has 1 amide bonds. The summed E-state index contributed by atoms with van der Waals surface area (Å²) in [5, 5.41) is 2.04. The molecule has 0 saturated carbocycles. The van der Waals surface area contributed by atoms with Crippen molar-refractivity contribution >= 4 is 29.0 Å². The Morgan fingerprint density at radius 2 is 2.04 bits per heavy atom. The van der Waals surface area contributed by atoms with Crippen LogP contribution in [-0.4, -0.2) is 23.1 Å². The molecule has 0 unspecified atom stereocenters. The number of rotatable bonds is 8. The van der Waals surface area contributed by atoms with Crippen molar-refractivity contribution in [3.8, 4) is 0 Å². The topological polar surface area (TPSA) is 33.5 Å². The molecule has 0 atom stereocenters. The summed E-state index contributed by atoms with van der Waals surface area (Å²) >= 11 is 3.12. The maximum absolute atomic E-state index is 13.0. The second-order valence-corrected chi connectivity index (χ2v) is 7.60. The van der Waals surface area contributed by atoms with Crippen molar-refractivity contribution in [2.24, 2.45) is 0 Å².